The number of nitrogens with zero attached hydrogens (tertiary/aromatic N) is 2. The molecule has 2 N–H and O–H groups in total. The molecular weight excluding hydrogens is 534 g/mol. The number of carbonyl (C=O) groups is 1. The predicted octanol–water partition coefficient (Wildman–Crippen LogP) is 5.11. The van der Waals surface area contributed by atoms with Crippen LogP contribution < -0.4 is 20.1 Å². The number of halogens is 1. The molecule has 0 saturated carbocycles. The van der Waals surface area contributed by atoms with Gasteiger partial charge in [0.25, 0.3) is 0 Å². The molecule has 0 atom stereocenters. The zero-order valence-electron chi connectivity index (χ0n) is 21.3. The Labute approximate surface area is 247 Å². The fourth-order valence-electron chi connectivity index (χ4n) is 3.51. The van der Waals surface area contributed by atoms with Crippen LogP contribution in [0, 0.1) is 17.1 Å². The second-order valence-electron chi connectivity index (χ2n) is 8.33. The van der Waals surface area contributed by atoms with Crippen LogP contribution in [0.1, 0.15) is 12.0 Å². The number of nitriles is 1. The van der Waals surface area contributed by atoms with E-state index in [0.717, 1.165) is 6.26 Å². The van der Waals surface area contributed by atoms with Gasteiger partial charge in [-0.25, -0.2) is 17.6 Å². The van der Waals surface area contributed by atoms with Crippen LogP contribution in [0.2, 0.25) is 0 Å². The van der Waals surface area contributed by atoms with E-state index in [4.69, 9.17) is 9.47 Å². The zero-order valence-corrected chi connectivity index (χ0v) is 24.1. The number of urea groups is 1. The number of pyridine rings is 1. The molecule has 12 heteroatoms. The molecule has 0 bridgehead atoms. The maximum Gasteiger partial charge on any atom is 0.323 e. The van der Waals surface area contributed by atoms with Crippen molar-refractivity contribution < 1.29 is 27.1 Å². The summed E-state index contributed by atoms with van der Waals surface area (Å²) in [5.41, 5.74) is 1.77. The minimum atomic E-state index is -3.10. The van der Waals surface area contributed by atoms with Gasteiger partial charge < -0.3 is 20.1 Å². The predicted molar refractivity (Wildman–Crippen MR) is 148 cm³/mol. The molecule has 0 fully saturated rings. The first kappa shape index (κ1) is 29.9. The first-order valence-corrected chi connectivity index (χ1v) is 13.5. The summed E-state index contributed by atoms with van der Waals surface area (Å²) in [7, 11) is -3.10. The minimum Gasteiger partial charge on any atom is -0.492 e. The summed E-state index contributed by atoms with van der Waals surface area (Å²) in [5, 5.41) is 15.5. The molecule has 39 heavy (non-hydrogen) atoms. The van der Waals surface area contributed by atoms with Crippen LogP contribution >= 0.6 is 0 Å². The van der Waals surface area contributed by atoms with Crippen LogP contribution in [-0.4, -0.2) is 67.6 Å². The van der Waals surface area contributed by atoms with E-state index >= 15 is 0 Å². The molecule has 0 unspecified atom stereocenters. The fraction of sp³-hybridized carbons (Fsp3) is 0.148. The van der Waals surface area contributed by atoms with Gasteiger partial charge in [0.15, 0.2) is 0 Å². The number of nitrogens with one attached hydrogen (secondary N) is 2. The molecule has 0 aliphatic rings. The summed E-state index contributed by atoms with van der Waals surface area (Å²) >= 11 is 0. The molecule has 3 aromatic carbocycles. The van der Waals surface area contributed by atoms with Gasteiger partial charge in [0, 0.05) is 64.8 Å². The molecule has 1 radical (unpaired) electrons. The second-order valence-corrected chi connectivity index (χ2v) is 10.6. The molecule has 0 aliphatic heterocycles. The van der Waals surface area contributed by atoms with Gasteiger partial charge in [0.2, 0.25) is 0 Å². The maximum atomic E-state index is 13.0. The van der Waals surface area contributed by atoms with Gasteiger partial charge >= 0.3 is 6.03 Å². The normalized spacial score (nSPS) is 10.7. The average molecular weight is 558 g/mol. The Kier molecular flexibility index (Phi) is 10.3. The van der Waals surface area contributed by atoms with Crippen LogP contribution in [0.4, 0.5) is 20.6 Å². The summed E-state index contributed by atoms with van der Waals surface area (Å²) in [6.45, 7) is 0.145. The first-order valence-electron chi connectivity index (χ1n) is 11.4. The standard InChI is InChI=1S/C27H23FN4O5S.Na/c1-38(34,35)14-2-13-36-26-16-24-23(15-18(26)17-29)25(11-12-30-24)37-22-9-7-21(8-10-22)32-27(33)31-20-5-3-19(28)4-6-20;/h3-12,15-16H,2,13-14H2,1H3,(H2,31,32,33);. The Morgan fingerprint density at radius 3 is 2.26 bits per heavy atom. The fourth-order valence-corrected chi connectivity index (χ4v) is 4.15. The molecular formula is C27H23FN4NaO5S. The number of amides is 2. The van der Waals surface area contributed by atoms with Crippen molar-refractivity contribution in [2.75, 3.05) is 29.2 Å². The summed E-state index contributed by atoms with van der Waals surface area (Å²) in [6.07, 6.45) is 3.02. The van der Waals surface area contributed by atoms with E-state index in [0.29, 0.717) is 45.9 Å². The Bertz CT molecular complexity index is 1610. The number of anilines is 2. The summed E-state index contributed by atoms with van der Waals surface area (Å²) < 4.78 is 47.3. The van der Waals surface area contributed by atoms with Crippen molar-refractivity contribution >= 4 is 67.7 Å². The summed E-state index contributed by atoms with van der Waals surface area (Å²) in [5.74, 6) is 0.860. The van der Waals surface area contributed by atoms with Gasteiger partial charge in [0.1, 0.15) is 39.0 Å². The zero-order chi connectivity index (χ0) is 27.1. The molecule has 1 aromatic heterocycles. The summed E-state index contributed by atoms with van der Waals surface area (Å²) in [6, 6.07) is 18.6. The van der Waals surface area contributed by atoms with E-state index in [1.807, 2.05) is 0 Å². The molecule has 2 amide bonds. The second kappa shape index (κ2) is 13.4. The number of rotatable bonds is 9. The van der Waals surface area contributed by atoms with Crippen molar-refractivity contribution in [1.29, 1.82) is 5.26 Å². The number of hydrogen-bond acceptors (Lipinski definition) is 7. The van der Waals surface area contributed by atoms with Crippen molar-refractivity contribution in [1.82, 2.24) is 4.98 Å². The van der Waals surface area contributed by atoms with E-state index in [2.05, 4.69) is 21.7 Å². The Morgan fingerprint density at radius 2 is 1.64 bits per heavy atom. The van der Waals surface area contributed by atoms with Crippen LogP contribution in [0.5, 0.6) is 17.2 Å². The number of aromatic nitrogens is 1. The third kappa shape index (κ3) is 8.66. The molecule has 0 spiro atoms. The SMILES string of the molecule is CS(=O)(=O)CCCOc1cc2nccc(Oc3ccc(NC(=O)Nc4ccc(F)cc4)cc3)c2cc1C#N.[Na]. The number of carbonyl (C=O) groups excluding carboxylic acids is 1. The largest absolute Gasteiger partial charge is 0.492 e. The smallest absolute Gasteiger partial charge is 0.323 e. The van der Waals surface area contributed by atoms with Gasteiger partial charge in [-0.3, -0.25) is 4.98 Å². The third-order valence-electron chi connectivity index (χ3n) is 5.28. The van der Waals surface area contributed by atoms with Crippen molar-refractivity contribution in [2.24, 2.45) is 0 Å². The Hall–Kier alpha value is -3.69. The van der Waals surface area contributed by atoms with E-state index < -0.39 is 21.7 Å². The average Bonchev–Trinajstić information content (AvgIpc) is 2.88. The number of hydrogen-bond donors (Lipinski definition) is 2. The molecule has 195 valence electrons. The number of fused-ring (bicyclic) bond motifs is 1. The van der Waals surface area contributed by atoms with Crippen LogP contribution in [0.15, 0.2) is 72.9 Å². The van der Waals surface area contributed by atoms with Crippen LogP contribution in [0.3, 0.4) is 0 Å². The maximum absolute atomic E-state index is 13.0. The third-order valence-corrected chi connectivity index (χ3v) is 6.31. The molecule has 4 rings (SSSR count). The van der Waals surface area contributed by atoms with E-state index in [9.17, 15) is 22.9 Å². The van der Waals surface area contributed by atoms with Crippen molar-refractivity contribution in [2.45, 2.75) is 6.42 Å². The monoisotopic (exact) mass is 557 g/mol. The first-order chi connectivity index (χ1) is 18.2. The quantitative estimate of drug-likeness (QED) is 0.216. The van der Waals surface area contributed by atoms with E-state index in [1.54, 1.807) is 48.7 Å². The molecule has 1 heterocycles. The molecule has 9 nitrogen and oxygen atoms in total. The van der Waals surface area contributed by atoms with Gasteiger partial charge in [-0.1, -0.05) is 0 Å². The van der Waals surface area contributed by atoms with Crippen molar-refractivity contribution in [3.8, 4) is 23.3 Å². The number of ether oxygens (including phenoxy) is 2. The Morgan fingerprint density at radius 1 is 1.00 bits per heavy atom. The van der Waals surface area contributed by atoms with E-state index in [1.165, 1.54) is 24.3 Å². The van der Waals surface area contributed by atoms with Gasteiger partial charge in [-0.05, 0) is 67.1 Å². The minimum absolute atomic E-state index is 0. The van der Waals surface area contributed by atoms with Crippen molar-refractivity contribution in [3.05, 3.63) is 84.3 Å². The van der Waals surface area contributed by atoms with Gasteiger partial charge in [0.05, 0.1) is 23.4 Å². The van der Waals surface area contributed by atoms with Crippen LogP contribution in [0.25, 0.3) is 10.9 Å². The Balaban J connectivity index is 0.00000420. The molecule has 4 aromatic rings. The molecule has 0 saturated heterocycles. The van der Waals surface area contributed by atoms with Gasteiger partial charge in [-0.2, -0.15) is 5.26 Å². The molecule has 0 aliphatic carbocycles. The summed E-state index contributed by atoms with van der Waals surface area (Å²) in [4.78, 5) is 16.5. The van der Waals surface area contributed by atoms with Crippen molar-refractivity contribution in [3.63, 3.8) is 0 Å². The van der Waals surface area contributed by atoms with E-state index in [-0.39, 0.29) is 47.5 Å². The topological polar surface area (TPSA) is 130 Å². The number of benzene rings is 3. The van der Waals surface area contributed by atoms with Gasteiger partial charge in [-0.15, -0.1) is 0 Å². The number of sulfone groups is 1. The van der Waals surface area contributed by atoms with Crippen LogP contribution in [-0.2, 0) is 9.84 Å².